The van der Waals surface area contributed by atoms with Gasteiger partial charge < -0.3 is 0 Å². The maximum absolute atomic E-state index is 2.33. The molecular weight excluding hydrogens is 336 g/mol. The van der Waals surface area contributed by atoms with Crippen LogP contribution in [0.2, 0.25) is 0 Å². The Balaban J connectivity index is 1.90. The standard InChI is InChI=1S/C28H20/c1-17-15-16-24-27-20(17)13-8-14-23(27)25-18(2)21-11-6-7-12-22(21)26(28(24)25)19-9-4-3-5-10-19/h3-16H,1-2H3. The lowest BCUT2D eigenvalue weighted by atomic mass is 9.85. The monoisotopic (exact) mass is 356 g/mol. The van der Waals surface area contributed by atoms with Crippen molar-refractivity contribution in [2.45, 2.75) is 13.8 Å². The van der Waals surface area contributed by atoms with Gasteiger partial charge in [-0.1, -0.05) is 84.9 Å². The van der Waals surface area contributed by atoms with Crippen molar-refractivity contribution in [3.63, 3.8) is 0 Å². The van der Waals surface area contributed by atoms with Gasteiger partial charge in [0.2, 0.25) is 0 Å². The lowest BCUT2D eigenvalue weighted by Crippen LogP contribution is -1.92. The zero-order chi connectivity index (χ0) is 18.8. The Kier molecular flexibility index (Phi) is 3.11. The summed E-state index contributed by atoms with van der Waals surface area (Å²) < 4.78 is 0. The predicted molar refractivity (Wildman–Crippen MR) is 121 cm³/mol. The molecule has 5 aromatic carbocycles. The zero-order valence-corrected chi connectivity index (χ0v) is 16.1. The van der Waals surface area contributed by atoms with E-state index in [1.54, 1.807) is 0 Å². The van der Waals surface area contributed by atoms with Crippen LogP contribution >= 0.6 is 0 Å². The summed E-state index contributed by atoms with van der Waals surface area (Å²) in [4.78, 5) is 0. The van der Waals surface area contributed by atoms with Crippen molar-refractivity contribution >= 4 is 21.5 Å². The maximum Gasteiger partial charge on any atom is -0.00110 e. The molecule has 132 valence electrons. The summed E-state index contributed by atoms with van der Waals surface area (Å²) in [5.74, 6) is 0. The van der Waals surface area contributed by atoms with E-state index in [0.717, 1.165) is 0 Å². The molecule has 0 nitrogen and oxygen atoms in total. The average molecular weight is 356 g/mol. The quantitative estimate of drug-likeness (QED) is 0.281. The lowest BCUT2D eigenvalue weighted by Gasteiger charge is -2.18. The highest BCUT2D eigenvalue weighted by Gasteiger charge is 2.28. The fourth-order valence-electron chi connectivity index (χ4n) is 5.09. The summed E-state index contributed by atoms with van der Waals surface area (Å²) in [6, 6.07) is 31.1. The summed E-state index contributed by atoms with van der Waals surface area (Å²) in [6.45, 7) is 4.50. The van der Waals surface area contributed by atoms with Crippen molar-refractivity contribution in [2.75, 3.05) is 0 Å². The minimum absolute atomic E-state index is 1.29. The number of aryl methyl sites for hydroxylation is 2. The van der Waals surface area contributed by atoms with E-state index < -0.39 is 0 Å². The highest BCUT2D eigenvalue weighted by Crippen LogP contribution is 2.55. The lowest BCUT2D eigenvalue weighted by molar-refractivity contribution is 1.53. The first kappa shape index (κ1) is 15.7. The van der Waals surface area contributed by atoms with Gasteiger partial charge in [0, 0.05) is 0 Å². The van der Waals surface area contributed by atoms with E-state index >= 15 is 0 Å². The van der Waals surface area contributed by atoms with Gasteiger partial charge in [-0.2, -0.15) is 0 Å². The topological polar surface area (TPSA) is 0 Å². The van der Waals surface area contributed by atoms with E-state index in [2.05, 4.69) is 98.8 Å². The third-order valence-electron chi connectivity index (χ3n) is 6.34. The molecule has 28 heavy (non-hydrogen) atoms. The highest BCUT2D eigenvalue weighted by atomic mass is 14.3. The van der Waals surface area contributed by atoms with Gasteiger partial charge in [-0.3, -0.25) is 0 Å². The Hall–Kier alpha value is -3.38. The van der Waals surface area contributed by atoms with Crippen molar-refractivity contribution in [3.8, 4) is 33.4 Å². The second kappa shape index (κ2) is 5.56. The van der Waals surface area contributed by atoms with Gasteiger partial charge in [-0.05, 0) is 79.9 Å². The second-order valence-corrected chi connectivity index (χ2v) is 7.82. The normalized spacial score (nSPS) is 11.9. The van der Waals surface area contributed by atoms with Crippen LogP contribution in [0.4, 0.5) is 0 Å². The first-order chi connectivity index (χ1) is 13.8. The molecule has 0 saturated carbocycles. The van der Waals surface area contributed by atoms with E-state index in [-0.39, 0.29) is 0 Å². The van der Waals surface area contributed by atoms with Crippen molar-refractivity contribution in [3.05, 3.63) is 96.1 Å². The average Bonchev–Trinajstić information content (AvgIpc) is 3.07. The van der Waals surface area contributed by atoms with Crippen molar-refractivity contribution < 1.29 is 0 Å². The molecule has 1 aliphatic carbocycles. The molecule has 0 aromatic heterocycles. The molecule has 6 rings (SSSR count). The Morgan fingerprint density at radius 1 is 0.464 bits per heavy atom. The predicted octanol–water partition coefficient (Wildman–Crippen LogP) is 7.92. The minimum atomic E-state index is 1.29. The van der Waals surface area contributed by atoms with E-state index in [1.807, 2.05) is 0 Å². The molecule has 5 aromatic rings. The molecule has 0 radical (unpaired) electrons. The zero-order valence-electron chi connectivity index (χ0n) is 16.1. The molecule has 1 aliphatic rings. The van der Waals surface area contributed by atoms with E-state index in [9.17, 15) is 0 Å². The largest absolute Gasteiger partial charge is 0.0622 e. The fourth-order valence-corrected chi connectivity index (χ4v) is 5.09. The van der Waals surface area contributed by atoms with E-state index in [0.29, 0.717) is 0 Å². The van der Waals surface area contributed by atoms with Gasteiger partial charge in [0.05, 0.1) is 0 Å². The number of rotatable bonds is 1. The van der Waals surface area contributed by atoms with Crippen LogP contribution in [0, 0.1) is 13.8 Å². The number of fused-ring (bicyclic) bond motifs is 4. The number of hydrogen-bond donors (Lipinski definition) is 0. The Morgan fingerprint density at radius 3 is 1.96 bits per heavy atom. The molecule has 0 atom stereocenters. The molecule has 0 heterocycles. The molecular formula is C28H20. The van der Waals surface area contributed by atoms with Gasteiger partial charge in [-0.15, -0.1) is 0 Å². The van der Waals surface area contributed by atoms with E-state index in [1.165, 1.54) is 66.1 Å². The van der Waals surface area contributed by atoms with Crippen molar-refractivity contribution in [2.24, 2.45) is 0 Å². The van der Waals surface area contributed by atoms with Gasteiger partial charge in [0.15, 0.2) is 0 Å². The highest BCUT2D eigenvalue weighted by molar-refractivity contribution is 6.24. The van der Waals surface area contributed by atoms with Crippen LogP contribution in [-0.4, -0.2) is 0 Å². The minimum Gasteiger partial charge on any atom is -0.0622 e. The molecule has 0 N–H and O–H groups in total. The molecule has 0 amide bonds. The number of benzene rings is 5. The first-order valence-corrected chi connectivity index (χ1v) is 9.89. The van der Waals surface area contributed by atoms with Gasteiger partial charge >= 0.3 is 0 Å². The smallest absolute Gasteiger partial charge is 0.00110 e. The van der Waals surface area contributed by atoms with Crippen LogP contribution in [-0.2, 0) is 0 Å². The molecule has 0 spiro atoms. The van der Waals surface area contributed by atoms with Crippen LogP contribution in [0.1, 0.15) is 11.1 Å². The molecule has 0 saturated heterocycles. The maximum atomic E-state index is 2.33. The summed E-state index contributed by atoms with van der Waals surface area (Å²) in [7, 11) is 0. The molecule has 0 unspecified atom stereocenters. The summed E-state index contributed by atoms with van der Waals surface area (Å²) in [5.41, 5.74) is 10.9. The summed E-state index contributed by atoms with van der Waals surface area (Å²) in [6.07, 6.45) is 0. The summed E-state index contributed by atoms with van der Waals surface area (Å²) in [5, 5.41) is 5.47. The van der Waals surface area contributed by atoms with Crippen LogP contribution in [0.3, 0.4) is 0 Å². The molecule has 0 bridgehead atoms. The van der Waals surface area contributed by atoms with Gasteiger partial charge in [-0.25, -0.2) is 0 Å². The van der Waals surface area contributed by atoms with Crippen molar-refractivity contribution in [1.29, 1.82) is 0 Å². The summed E-state index contributed by atoms with van der Waals surface area (Å²) >= 11 is 0. The van der Waals surface area contributed by atoms with Crippen molar-refractivity contribution in [1.82, 2.24) is 0 Å². The fraction of sp³-hybridized carbons (Fsp3) is 0.0714. The Labute approximate surface area is 165 Å². The SMILES string of the molecule is Cc1c2c(c(-c3ccccc3)c3ccccc13)-c1ccc(C)c3cccc-2c13. The molecule has 0 heteroatoms. The van der Waals surface area contributed by atoms with Crippen LogP contribution in [0.5, 0.6) is 0 Å². The van der Waals surface area contributed by atoms with Gasteiger partial charge in [0.1, 0.15) is 0 Å². The van der Waals surface area contributed by atoms with Crippen LogP contribution < -0.4 is 0 Å². The molecule has 0 fully saturated rings. The molecule has 0 aliphatic heterocycles. The first-order valence-electron chi connectivity index (χ1n) is 9.89. The van der Waals surface area contributed by atoms with Crippen LogP contribution in [0.15, 0.2) is 84.9 Å². The third-order valence-corrected chi connectivity index (χ3v) is 6.34. The van der Waals surface area contributed by atoms with Crippen LogP contribution in [0.25, 0.3) is 54.9 Å². The second-order valence-electron chi connectivity index (χ2n) is 7.82. The van der Waals surface area contributed by atoms with E-state index in [4.69, 9.17) is 0 Å². The number of hydrogen-bond acceptors (Lipinski definition) is 0. The Bertz CT molecular complexity index is 1410. The Morgan fingerprint density at radius 2 is 1.14 bits per heavy atom. The third kappa shape index (κ3) is 1.90. The van der Waals surface area contributed by atoms with Gasteiger partial charge in [0.25, 0.3) is 0 Å².